The monoisotopic (exact) mass is 498 g/mol. The molecule has 36 heavy (non-hydrogen) atoms. The first-order chi connectivity index (χ1) is 17.5. The van der Waals surface area contributed by atoms with Crippen molar-refractivity contribution in [2.45, 2.75) is 13.5 Å². The third kappa shape index (κ3) is 5.37. The number of carbonyl (C=O) groups excluding carboxylic acids is 2. The summed E-state index contributed by atoms with van der Waals surface area (Å²) in [4.78, 5) is 29.5. The molecule has 3 aromatic rings. The average molecular weight is 499 g/mol. The van der Waals surface area contributed by atoms with Gasteiger partial charge in [-0.25, -0.2) is 0 Å². The van der Waals surface area contributed by atoms with Crippen molar-refractivity contribution in [3.63, 3.8) is 0 Å². The van der Waals surface area contributed by atoms with E-state index in [1.807, 2.05) is 55.5 Å². The molecule has 0 bridgehead atoms. The Hall–Kier alpha value is -4.23. The smallest absolute Gasteiger partial charge is 0.270 e. The van der Waals surface area contributed by atoms with E-state index in [1.165, 1.54) is 9.80 Å². The third-order valence-electron chi connectivity index (χ3n) is 5.47. The summed E-state index contributed by atoms with van der Waals surface area (Å²) in [5.74, 6) is 0.139. The Balaban J connectivity index is 1.68. The van der Waals surface area contributed by atoms with Crippen LogP contribution in [0.3, 0.4) is 0 Å². The van der Waals surface area contributed by atoms with Crippen LogP contribution in [0.15, 0.2) is 97.1 Å². The fourth-order valence-electron chi connectivity index (χ4n) is 3.77. The highest BCUT2D eigenvalue weighted by Crippen LogP contribution is 2.32. The molecule has 1 saturated heterocycles. The summed E-state index contributed by atoms with van der Waals surface area (Å²) < 4.78 is 11.8. The molecular weight excluding hydrogens is 472 g/mol. The predicted octanol–water partition coefficient (Wildman–Crippen LogP) is 5.39. The van der Waals surface area contributed by atoms with E-state index in [-0.39, 0.29) is 17.2 Å². The average Bonchev–Trinajstić information content (AvgIpc) is 2.90. The Bertz CT molecular complexity index is 1310. The number of nitrogens with zero attached hydrogens (tertiary/aromatic N) is 2. The Morgan fingerprint density at radius 2 is 1.58 bits per heavy atom. The SMILES string of the molecule is C=CCN1C(=O)/C(=C\c2ccc(OCc3ccccc3)c(OCC)c2)C(=O)N(c2ccccc2)C1=S. The summed E-state index contributed by atoms with van der Waals surface area (Å²) in [6.45, 7) is 6.61. The highest BCUT2D eigenvalue weighted by Gasteiger charge is 2.39. The Labute approximate surface area is 216 Å². The summed E-state index contributed by atoms with van der Waals surface area (Å²) in [5, 5.41) is 0.118. The van der Waals surface area contributed by atoms with Gasteiger partial charge in [-0.2, -0.15) is 0 Å². The number of anilines is 1. The van der Waals surface area contributed by atoms with Gasteiger partial charge in [-0.1, -0.05) is 60.7 Å². The van der Waals surface area contributed by atoms with E-state index in [0.29, 0.717) is 36.0 Å². The second-order valence-corrected chi connectivity index (χ2v) is 8.30. The van der Waals surface area contributed by atoms with Crippen LogP contribution in [0.2, 0.25) is 0 Å². The molecule has 0 saturated carbocycles. The zero-order chi connectivity index (χ0) is 25.5. The second-order valence-electron chi connectivity index (χ2n) is 7.93. The van der Waals surface area contributed by atoms with Gasteiger partial charge in [0, 0.05) is 6.54 Å². The van der Waals surface area contributed by atoms with Gasteiger partial charge in [0.05, 0.1) is 12.3 Å². The Morgan fingerprint density at radius 3 is 2.25 bits per heavy atom. The number of benzene rings is 3. The Morgan fingerprint density at radius 1 is 0.889 bits per heavy atom. The van der Waals surface area contributed by atoms with Crippen molar-refractivity contribution in [2.24, 2.45) is 0 Å². The molecule has 2 amide bonds. The van der Waals surface area contributed by atoms with E-state index in [4.69, 9.17) is 21.7 Å². The maximum atomic E-state index is 13.5. The second kappa shape index (κ2) is 11.5. The number of rotatable bonds is 9. The minimum Gasteiger partial charge on any atom is -0.490 e. The minimum atomic E-state index is -0.487. The lowest BCUT2D eigenvalue weighted by molar-refractivity contribution is -0.127. The number of hydrogen-bond donors (Lipinski definition) is 0. The molecule has 0 atom stereocenters. The summed E-state index contributed by atoms with van der Waals surface area (Å²) in [7, 11) is 0. The molecule has 6 nitrogen and oxygen atoms in total. The molecule has 1 aliphatic rings. The summed E-state index contributed by atoms with van der Waals surface area (Å²) >= 11 is 5.51. The van der Waals surface area contributed by atoms with Gasteiger partial charge in [-0.3, -0.25) is 19.4 Å². The van der Waals surface area contributed by atoms with Crippen molar-refractivity contribution in [1.82, 2.24) is 4.90 Å². The fourth-order valence-corrected chi connectivity index (χ4v) is 4.12. The number of amides is 2. The van der Waals surface area contributed by atoms with Crippen LogP contribution in [0.25, 0.3) is 6.08 Å². The molecule has 0 aromatic heterocycles. The highest BCUT2D eigenvalue weighted by atomic mass is 32.1. The van der Waals surface area contributed by atoms with Crippen molar-refractivity contribution >= 4 is 40.9 Å². The van der Waals surface area contributed by atoms with Crippen LogP contribution in [0, 0.1) is 0 Å². The molecule has 182 valence electrons. The fraction of sp³-hybridized carbons (Fsp3) is 0.138. The lowest BCUT2D eigenvalue weighted by atomic mass is 10.1. The van der Waals surface area contributed by atoms with Gasteiger partial charge in [-0.15, -0.1) is 6.58 Å². The van der Waals surface area contributed by atoms with Gasteiger partial charge in [0.15, 0.2) is 16.6 Å². The quantitative estimate of drug-likeness (QED) is 0.171. The molecule has 0 radical (unpaired) electrons. The van der Waals surface area contributed by atoms with Crippen LogP contribution in [0.4, 0.5) is 5.69 Å². The summed E-state index contributed by atoms with van der Waals surface area (Å²) in [6.07, 6.45) is 3.13. The molecule has 0 spiro atoms. The van der Waals surface area contributed by atoms with E-state index >= 15 is 0 Å². The lowest BCUT2D eigenvalue weighted by Crippen LogP contribution is -2.56. The number of carbonyl (C=O) groups is 2. The highest BCUT2D eigenvalue weighted by molar-refractivity contribution is 7.80. The molecule has 1 fully saturated rings. The molecule has 1 aliphatic heterocycles. The number of ether oxygens (including phenoxy) is 2. The number of thiocarbonyl (C=S) groups is 1. The first-order valence-corrected chi connectivity index (χ1v) is 12.0. The predicted molar refractivity (Wildman–Crippen MR) is 145 cm³/mol. The minimum absolute atomic E-state index is 0.00490. The molecule has 7 heteroatoms. The molecule has 0 unspecified atom stereocenters. The van der Waals surface area contributed by atoms with E-state index in [1.54, 1.807) is 42.5 Å². The van der Waals surface area contributed by atoms with Crippen molar-refractivity contribution in [3.05, 3.63) is 108 Å². The first kappa shape index (κ1) is 24.9. The number of hydrogen-bond acceptors (Lipinski definition) is 5. The van der Waals surface area contributed by atoms with Crippen LogP contribution in [0.5, 0.6) is 11.5 Å². The van der Waals surface area contributed by atoms with Gasteiger partial charge in [0.1, 0.15) is 12.2 Å². The van der Waals surface area contributed by atoms with Crippen molar-refractivity contribution < 1.29 is 19.1 Å². The molecule has 0 aliphatic carbocycles. The zero-order valence-corrected chi connectivity index (χ0v) is 20.7. The van der Waals surface area contributed by atoms with Crippen molar-refractivity contribution in [2.75, 3.05) is 18.1 Å². The standard InChI is InChI=1S/C29H26N2O4S/c1-3-17-30-27(32)24(28(33)31(29(30)36)23-13-9-6-10-14-23)18-22-15-16-25(26(19-22)34-4-2)35-20-21-11-7-5-8-12-21/h3,5-16,18-19H,1,4,17,20H2,2H3/b24-18+. The van der Waals surface area contributed by atoms with Crippen LogP contribution >= 0.6 is 12.2 Å². The lowest BCUT2D eigenvalue weighted by Gasteiger charge is -2.36. The topological polar surface area (TPSA) is 59.1 Å². The van der Waals surface area contributed by atoms with E-state index in [0.717, 1.165) is 5.56 Å². The van der Waals surface area contributed by atoms with Crippen molar-refractivity contribution in [3.8, 4) is 11.5 Å². The van der Waals surface area contributed by atoms with Gasteiger partial charge in [-0.05, 0) is 60.6 Å². The van der Waals surface area contributed by atoms with Gasteiger partial charge < -0.3 is 9.47 Å². The number of para-hydroxylation sites is 1. The van der Waals surface area contributed by atoms with Crippen LogP contribution in [0.1, 0.15) is 18.1 Å². The van der Waals surface area contributed by atoms with E-state index < -0.39 is 11.8 Å². The molecular formula is C29H26N2O4S. The van der Waals surface area contributed by atoms with Gasteiger partial charge in [0.25, 0.3) is 11.8 Å². The molecule has 3 aromatic carbocycles. The maximum Gasteiger partial charge on any atom is 0.270 e. The van der Waals surface area contributed by atoms with Crippen LogP contribution < -0.4 is 14.4 Å². The summed E-state index contributed by atoms with van der Waals surface area (Å²) in [5.41, 5.74) is 2.24. The van der Waals surface area contributed by atoms with Gasteiger partial charge in [0.2, 0.25) is 0 Å². The largest absolute Gasteiger partial charge is 0.490 e. The normalized spacial score (nSPS) is 14.8. The van der Waals surface area contributed by atoms with E-state index in [9.17, 15) is 9.59 Å². The molecule has 4 rings (SSSR count). The van der Waals surface area contributed by atoms with Gasteiger partial charge >= 0.3 is 0 Å². The van der Waals surface area contributed by atoms with Crippen molar-refractivity contribution in [1.29, 1.82) is 0 Å². The van der Waals surface area contributed by atoms with Crippen LogP contribution in [-0.4, -0.2) is 35.0 Å². The maximum absolute atomic E-state index is 13.5. The van der Waals surface area contributed by atoms with E-state index in [2.05, 4.69) is 6.58 Å². The Kier molecular flexibility index (Phi) is 7.92. The van der Waals surface area contributed by atoms with Crippen LogP contribution in [-0.2, 0) is 16.2 Å². The zero-order valence-electron chi connectivity index (χ0n) is 19.9. The first-order valence-electron chi connectivity index (χ1n) is 11.5. The molecule has 1 heterocycles. The molecule has 0 N–H and O–H groups in total. The third-order valence-corrected chi connectivity index (χ3v) is 5.88. The summed E-state index contributed by atoms with van der Waals surface area (Å²) in [6, 6.07) is 24.2.